The van der Waals surface area contributed by atoms with E-state index in [1.165, 1.54) is 21.7 Å². The summed E-state index contributed by atoms with van der Waals surface area (Å²) < 4.78 is 0. The second kappa shape index (κ2) is 5.03. The summed E-state index contributed by atoms with van der Waals surface area (Å²) in [6.45, 7) is 8.73. The van der Waals surface area contributed by atoms with E-state index in [1.807, 2.05) is 17.4 Å². The molecule has 0 fully saturated rings. The average Bonchev–Trinajstić information content (AvgIpc) is 2.81. The van der Waals surface area contributed by atoms with E-state index in [1.54, 1.807) is 0 Å². The topological polar surface area (TPSA) is 0 Å². The van der Waals surface area contributed by atoms with Crippen LogP contribution in [0.4, 0.5) is 0 Å². The Kier molecular flexibility index (Phi) is 3.65. The summed E-state index contributed by atoms with van der Waals surface area (Å²) in [5.74, 6) is 0. The minimum absolute atomic E-state index is 1.23. The van der Waals surface area contributed by atoms with Gasteiger partial charge in [-0.1, -0.05) is 61.3 Å². The second-order valence-corrected chi connectivity index (χ2v) is 10.7. The molecule has 2 rings (SSSR count). The van der Waals surface area contributed by atoms with E-state index < -0.39 is 8.07 Å². The first-order valence-corrected chi connectivity index (χ1v) is 9.96. The summed E-state index contributed by atoms with van der Waals surface area (Å²) in [6.07, 6.45) is 1.93. The van der Waals surface area contributed by atoms with Crippen molar-refractivity contribution >= 4 is 30.7 Å². The van der Waals surface area contributed by atoms with E-state index in [0.717, 1.165) is 0 Å². The van der Waals surface area contributed by atoms with Crippen LogP contribution in [0.1, 0.15) is 10.4 Å². The fourth-order valence-electron chi connectivity index (χ4n) is 2.04. The third-order valence-electron chi connectivity index (χ3n) is 3.10. The van der Waals surface area contributed by atoms with Crippen LogP contribution in [0.25, 0.3) is 6.08 Å². The second-order valence-electron chi connectivity index (χ2n) is 4.97. The molecule has 1 aromatic carbocycles. The van der Waals surface area contributed by atoms with E-state index in [2.05, 4.69) is 61.5 Å². The SMILES string of the molecule is C=Cc1cccc([Si](C)(C)Cc2cccs2)c1. The van der Waals surface area contributed by atoms with Gasteiger partial charge in [0.15, 0.2) is 0 Å². The first-order valence-electron chi connectivity index (χ1n) is 5.87. The third kappa shape index (κ3) is 2.96. The van der Waals surface area contributed by atoms with Gasteiger partial charge in [0.1, 0.15) is 0 Å². The highest BCUT2D eigenvalue weighted by molar-refractivity contribution is 7.10. The van der Waals surface area contributed by atoms with E-state index in [9.17, 15) is 0 Å². The number of rotatable bonds is 4. The molecular formula is C15H18SSi. The minimum atomic E-state index is -1.37. The lowest BCUT2D eigenvalue weighted by molar-refractivity contribution is 1.40. The molecule has 0 saturated heterocycles. The molecule has 2 heteroatoms. The maximum Gasteiger partial charge on any atom is 0.0857 e. The van der Waals surface area contributed by atoms with Gasteiger partial charge in [-0.2, -0.15) is 0 Å². The van der Waals surface area contributed by atoms with Crippen LogP contribution >= 0.6 is 11.3 Å². The summed E-state index contributed by atoms with van der Waals surface area (Å²) in [5, 5.41) is 3.68. The molecule has 0 spiro atoms. The summed E-state index contributed by atoms with van der Waals surface area (Å²) in [6, 6.07) is 14.5. The van der Waals surface area contributed by atoms with Gasteiger partial charge in [0.25, 0.3) is 0 Å². The first-order chi connectivity index (χ1) is 8.12. The van der Waals surface area contributed by atoms with Crippen LogP contribution in [0.15, 0.2) is 48.4 Å². The number of hydrogen-bond donors (Lipinski definition) is 0. The predicted molar refractivity (Wildman–Crippen MR) is 81.7 cm³/mol. The fourth-order valence-corrected chi connectivity index (χ4v) is 6.24. The molecule has 0 aliphatic heterocycles. The van der Waals surface area contributed by atoms with Gasteiger partial charge >= 0.3 is 0 Å². The highest BCUT2D eigenvalue weighted by atomic mass is 32.1. The van der Waals surface area contributed by atoms with Gasteiger partial charge in [0.05, 0.1) is 8.07 Å². The predicted octanol–water partition coefficient (Wildman–Crippen LogP) is 4.09. The molecule has 0 aliphatic carbocycles. The van der Waals surface area contributed by atoms with Crippen LogP contribution in [-0.2, 0) is 6.04 Å². The normalized spacial score (nSPS) is 11.4. The molecule has 0 saturated carbocycles. The van der Waals surface area contributed by atoms with Gasteiger partial charge in [-0.3, -0.25) is 0 Å². The average molecular weight is 258 g/mol. The quantitative estimate of drug-likeness (QED) is 0.725. The lowest BCUT2D eigenvalue weighted by Crippen LogP contribution is -2.43. The summed E-state index contributed by atoms with van der Waals surface area (Å²) in [4.78, 5) is 1.51. The molecule has 0 unspecified atom stereocenters. The van der Waals surface area contributed by atoms with E-state index in [0.29, 0.717) is 0 Å². The Morgan fingerprint density at radius 2 is 2.06 bits per heavy atom. The molecule has 0 bridgehead atoms. The summed E-state index contributed by atoms with van der Waals surface area (Å²) in [5.41, 5.74) is 1.23. The summed E-state index contributed by atoms with van der Waals surface area (Å²) >= 11 is 1.87. The molecule has 0 aliphatic rings. The van der Waals surface area contributed by atoms with E-state index >= 15 is 0 Å². The standard InChI is InChI=1S/C15H18SSi/c1-4-13-7-5-9-15(11-13)17(2,3)12-14-8-6-10-16-14/h4-11H,1,12H2,2-3H3. The van der Waals surface area contributed by atoms with Gasteiger partial charge in [-0.15, -0.1) is 11.3 Å². The zero-order chi connectivity index (χ0) is 12.3. The van der Waals surface area contributed by atoms with Crippen molar-refractivity contribution in [2.45, 2.75) is 19.1 Å². The van der Waals surface area contributed by atoms with Gasteiger partial charge in [0.2, 0.25) is 0 Å². The Hall–Kier alpha value is -1.12. The Balaban J connectivity index is 2.27. The Bertz CT molecular complexity index is 497. The molecule has 0 N–H and O–H groups in total. The zero-order valence-electron chi connectivity index (χ0n) is 10.4. The van der Waals surface area contributed by atoms with Gasteiger partial charge < -0.3 is 0 Å². The molecule has 88 valence electrons. The molecule has 0 atom stereocenters. The zero-order valence-corrected chi connectivity index (χ0v) is 12.3. The van der Waals surface area contributed by atoms with Crippen molar-refractivity contribution in [2.75, 3.05) is 0 Å². The lowest BCUT2D eigenvalue weighted by Gasteiger charge is -2.22. The van der Waals surface area contributed by atoms with Crippen LogP contribution in [0.3, 0.4) is 0 Å². The first kappa shape index (κ1) is 12.3. The number of benzene rings is 1. The molecule has 1 heterocycles. The van der Waals surface area contributed by atoms with Crippen LogP contribution < -0.4 is 5.19 Å². The molecule has 17 heavy (non-hydrogen) atoms. The Morgan fingerprint density at radius 1 is 1.24 bits per heavy atom. The minimum Gasteiger partial charge on any atom is -0.149 e. The van der Waals surface area contributed by atoms with Crippen LogP contribution in [0.5, 0.6) is 0 Å². The Labute approximate surface area is 109 Å². The number of hydrogen-bond acceptors (Lipinski definition) is 1. The van der Waals surface area contributed by atoms with Gasteiger partial charge in [-0.05, 0) is 23.1 Å². The van der Waals surface area contributed by atoms with Gasteiger partial charge in [0, 0.05) is 4.88 Å². The molecule has 0 radical (unpaired) electrons. The van der Waals surface area contributed by atoms with Crippen molar-refractivity contribution in [2.24, 2.45) is 0 Å². The van der Waals surface area contributed by atoms with Crippen molar-refractivity contribution in [3.05, 3.63) is 58.8 Å². The molecular weight excluding hydrogens is 240 g/mol. The fraction of sp³-hybridized carbons (Fsp3) is 0.200. The highest BCUT2D eigenvalue weighted by Gasteiger charge is 2.24. The van der Waals surface area contributed by atoms with E-state index in [4.69, 9.17) is 0 Å². The smallest absolute Gasteiger partial charge is 0.0857 e. The highest BCUT2D eigenvalue weighted by Crippen LogP contribution is 2.17. The monoisotopic (exact) mass is 258 g/mol. The molecule has 2 aromatic rings. The molecule has 1 aromatic heterocycles. The van der Waals surface area contributed by atoms with Crippen LogP contribution in [-0.4, -0.2) is 8.07 Å². The van der Waals surface area contributed by atoms with Crippen LogP contribution in [0.2, 0.25) is 13.1 Å². The van der Waals surface area contributed by atoms with Crippen molar-refractivity contribution in [3.8, 4) is 0 Å². The van der Waals surface area contributed by atoms with Crippen molar-refractivity contribution < 1.29 is 0 Å². The van der Waals surface area contributed by atoms with Crippen LogP contribution in [0, 0.1) is 0 Å². The van der Waals surface area contributed by atoms with Crippen molar-refractivity contribution in [1.82, 2.24) is 0 Å². The largest absolute Gasteiger partial charge is 0.149 e. The summed E-state index contributed by atoms with van der Waals surface area (Å²) in [7, 11) is -1.37. The molecule has 0 nitrogen and oxygen atoms in total. The molecule has 0 amide bonds. The third-order valence-corrected chi connectivity index (χ3v) is 7.37. The Morgan fingerprint density at radius 3 is 2.71 bits per heavy atom. The van der Waals surface area contributed by atoms with Gasteiger partial charge in [-0.25, -0.2) is 0 Å². The maximum absolute atomic E-state index is 3.85. The van der Waals surface area contributed by atoms with E-state index in [-0.39, 0.29) is 0 Å². The maximum atomic E-state index is 3.85. The lowest BCUT2D eigenvalue weighted by atomic mass is 10.2. The number of thiophene rings is 1. The van der Waals surface area contributed by atoms with Crippen molar-refractivity contribution in [3.63, 3.8) is 0 Å². The van der Waals surface area contributed by atoms with Crippen molar-refractivity contribution in [1.29, 1.82) is 0 Å².